The molecule has 2 aromatic rings. The summed E-state index contributed by atoms with van der Waals surface area (Å²) in [5.74, 6) is 0. The average molecular weight is 224 g/mol. The Hall–Kier alpha value is -1.27. The van der Waals surface area contributed by atoms with E-state index in [1.165, 1.54) is 11.3 Å². The first-order valence-electron chi connectivity index (χ1n) is 4.75. The van der Waals surface area contributed by atoms with Gasteiger partial charge >= 0.3 is 0 Å². The number of hydrogen-bond acceptors (Lipinski definition) is 5. The van der Waals surface area contributed by atoms with Gasteiger partial charge in [-0.2, -0.15) is 4.68 Å². The maximum Gasteiger partial charge on any atom is 0.211 e. The Morgan fingerprint density at radius 1 is 1.53 bits per heavy atom. The van der Waals surface area contributed by atoms with Crippen LogP contribution in [0.4, 0.5) is 0 Å². The van der Waals surface area contributed by atoms with E-state index >= 15 is 0 Å². The molecule has 15 heavy (non-hydrogen) atoms. The lowest BCUT2D eigenvalue weighted by atomic mass is 10.2. The van der Waals surface area contributed by atoms with Crippen molar-refractivity contribution < 1.29 is 5.11 Å². The Kier molecular flexibility index (Phi) is 3.08. The fraction of sp³-hybridized carbons (Fsp3) is 0.444. The van der Waals surface area contributed by atoms with E-state index in [0.717, 1.165) is 29.4 Å². The first kappa shape index (κ1) is 10.3. The van der Waals surface area contributed by atoms with Gasteiger partial charge in [-0.1, -0.05) is 5.21 Å². The Morgan fingerprint density at radius 3 is 3.07 bits per heavy atom. The molecule has 0 unspecified atom stereocenters. The summed E-state index contributed by atoms with van der Waals surface area (Å²) in [5, 5.41) is 19.6. The monoisotopic (exact) mass is 224 g/mol. The van der Waals surface area contributed by atoms with Gasteiger partial charge in [0.1, 0.15) is 0 Å². The summed E-state index contributed by atoms with van der Waals surface area (Å²) in [4.78, 5) is 4.17. The minimum Gasteiger partial charge on any atom is -0.396 e. The molecule has 0 saturated heterocycles. The minimum atomic E-state index is 0.184. The SMILES string of the molecule is Cc1c(CCCO)nnn1-c1nccs1. The van der Waals surface area contributed by atoms with Crippen LogP contribution in [0.15, 0.2) is 11.6 Å². The summed E-state index contributed by atoms with van der Waals surface area (Å²) in [5.41, 5.74) is 1.93. The van der Waals surface area contributed by atoms with E-state index < -0.39 is 0 Å². The number of nitrogens with zero attached hydrogens (tertiary/aromatic N) is 4. The zero-order valence-corrected chi connectivity index (χ0v) is 9.24. The van der Waals surface area contributed by atoms with Crippen LogP contribution < -0.4 is 0 Å². The molecule has 2 aromatic heterocycles. The van der Waals surface area contributed by atoms with E-state index in [1.54, 1.807) is 10.9 Å². The summed E-state index contributed by atoms with van der Waals surface area (Å²) >= 11 is 1.53. The number of thiazole rings is 1. The molecule has 0 spiro atoms. The Balaban J connectivity index is 2.24. The largest absolute Gasteiger partial charge is 0.396 e. The van der Waals surface area contributed by atoms with Crippen LogP contribution in [-0.4, -0.2) is 31.7 Å². The predicted molar refractivity (Wildman–Crippen MR) is 57.2 cm³/mol. The van der Waals surface area contributed by atoms with Crippen molar-refractivity contribution in [3.05, 3.63) is 23.0 Å². The fourth-order valence-corrected chi connectivity index (χ4v) is 1.98. The first-order valence-corrected chi connectivity index (χ1v) is 5.63. The molecule has 0 aliphatic carbocycles. The maximum atomic E-state index is 8.74. The summed E-state index contributed by atoms with van der Waals surface area (Å²) < 4.78 is 1.73. The van der Waals surface area contributed by atoms with Crippen molar-refractivity contribution in [3.63, 3.8) is 0 Å². The Labute approximate surface area is 91.4 Å². The van der Waals surface area contributed by atoms with Crippen molar-refractivity contribution in [1.29, 1.82) is 0 Å². The van der Waals surface area contributed by atoms with E-state index in [-0.39, 0.29) is 6.61 Å². The molecule has 0 amide bonds. The maximum absolute atomic E-state index is 8.74. The van der Waals surface area contributed by atoms with Crippen molar-refractivity contribution in [3.8, 4) is 5.13 Å². The van der Waals surface area contributed by atoms with Gasteiger partial charge in [0.15, 0.2) is 0 Å². The summed E-state index contributed by atoms with van der Waals surface area (Å²) in [7, 11) is 0. The van der Waals surface area contributed by atoms with Gasteiger partial charge in [0.05, 0.1) is 11.4 Å². The quantitative estimate of drug-likeness (QED) is 0.840. The van der Waals surface area contributed by atoms with Gasteiger partial charge in [0.2, 0.25) is 5.13 Å². The first-order chi connectivity index (χ1) is 7.33. The molecule has 1 N–H and O–H groups in total. The molecule has 2 heterocycles. The van der Waals surface area contributed by atoms with Gasteiger partial charge in [-0.05, 0) is 19.8 Å². The number of aliphatic hydroxyl groups is 1. The highest BCUT2D eigenvalue weighted by molar-refractivity contribution is 7.12. The van der Waals surface area contributed by atoms with Gasteiger partial charge in [-0.15, -0.1) is 16.4 Å². The fourth-order valence-electron chi connectivity index (χ4n) is 1.34. The minimum absolute atomic E-state index is 0.184. The molecule has 6 heteroatoms. The molecule has 0 saturated carbocycles. The molecular weight excluding hydrogens is 212 g/mol. The van der Waals surface area contributed by atoms with Crippen LogP contribution >= 0.6 is 11.3 Å². The van der Waals surface area contributed by atoms with Crippen LogP contribution in [0.25, 0.3) is 5.13 Å². The van der Waals surface area contributed by atoms with Crippen LogP contribution in [0.1, 0.15) is 17.8 Å². The third-order valence-electron chi connectivity index (χ3n) is 2.16. The molecule has 80 valence electrons. The van der Waals surface area contributed by atoms with E-state index in [4.69, 9.17) is 5.11 Å². The summed E-state index contributed by atoms with van der Waals surface area (Å²) in [6.45, 7) is 2.15. The van der Waals surface area contributed by atoms with Crippen molar-refractivity contribution in [2.24, 2.45) is 0 Å². The lowest BCUT2D eigenvalue weighted by Crippen LogP contribution is -1.99. The van der Waals surface area contributed by atoms with Crippen LogP contribution in [0, 0.1) is 6.92 Å². The second-order valence-corrected chi connectivity index (χ2v) is 4.05. The highest BCUT2D eigenvalue weighted by Crippen LogP contribution is 2.14. The zero-order valence-electron chi connectivity index (χ0n) is 8.42. The molecular formula is C9H12N4OS. The van der Waals surface area contributed by atoms with Crippen LogP contribution in [-0.2, 0) is 6.42 Å². The smallest absolute Gasteiger partial charge is 0.211 e. The average Bonchev–Trinajstić information content (AvgIpc) is 2.84. The second-order valence-electron chi connectivity index (χ2n) is 3.18. The molecule has 0 atom stereocenters. The zero-order chi connectivity index (χ0) is 10.7. The number of aromatic nitrogens is 4. The normalized spacial score (nSPS) is 10.8. The molecule has 0 aromatic carbocycles. The second kappa shape index (κ2) is 4.50. The Bertz CT molecular complexity index is 423. The summed E-state index contributed by atoms with van der Waals surface area (Å²) in [6, 6.07) is 0. The number of aryl methyl sites for hydroxylation is 1. The van der Waals surface area contributed by atoms with Crippen molar-refractivity contribution in [1.82, 2.24) is 20.0 Å². The standard InChI is InChI=1S/C9H12N4OS/c1-7-8(3-2-5-14)11-12-13(7)9-10-4-6-15-9/h4,6,14H,2-3,5H2,1H3. The number of rotatable bonds is 4. The van der Waals surface area contributed by atoms with E-state index in [0.29, 0.717) is 0 Å². The topological polar surface area (TPSA) is 63.8 Å². The van der Waals surface area contributed by atoms with Crippen molar-refractivity contribution >= 4 is 11.3 Å². The predicted octanol–water partition coefficient (Wildman–Crippen LogP) is 0.957. The lowest BCUT2D eigenvalue weighted by Gasteiger charge is -1.98. The third kappa shape index (κ3) is 2.05. The number of hydrogen-bond donors (Lipinski definition) is 1. The van der Waals surface area contributed by atoms with Gasteiger partial charge in [0, 0.05) is 18.2 Å². The molecule has 0 radical (unpaired) electrons. The van der Waals surface area contributed by atoms with Gasteiger partial charge in [-0.25, -0.2) is 4.98 Å². The van der Waals surface area contributed by atoms with Crippen LogP contribution in [0.5, 0.6) is 0 Å². The van der Waals surface area contributed by atoms with Crippen LogP contribution in [0.2, 0.25) is 0 Å². The molecule has 0 fully saturated rings. The van der Waals surface area contributed by atoms with E-state index in [2.05, 4.69) is 15.3 Å². The highest BCUT2D eigenvalue weighted by atomic mass is 32.1. The Morgan fingerprint density at radius 2 is 2.40 bits per heavy atom. The molecule has 0 aliphatic rings. The van der Waals surface area contributed by atoms with Gasteiger partial charge < -0.3 is 5.11 Å². The molecule has 2 rings (SSSR count). The van der Waals surface area contributed by atoms with E-state index in [1.807, 2.05) is 12.3 Å². The van der Waals surface area contributed by atoms with Gasteiger partial charge in [-0.3, -0.25) is 0 Å². The molecule has 5 nitrogen and oxygen atoms in total. The molecule has 0 aliphatic heterocycles. The highest BCUT2D eigenvalue weighted by Gasteiger charge is 2.10. The van der Waals surface area contributed by atoms with Gasteiger partial charge in [0.25, 0.3) is 0 Å². The molecule has 0 bridgehead atoms. The van der Waals surface area contributed by atoms with E-state index in [9.17, 15) is 0 Å². The van der Waals surface area contributed by atoms with Crippen LogP contribution in [0.3, 0.4) is 0 Å². The number of aliphatic hydroxyl groups excluding tert-OH is 1. The lowest BCUT2D eigenvalue weighted by molar-refractivity contribution is 0.288. The van der Waals surface area contributed by atoms with Crippen molar-refractivity contribution in [2.75, 3.05) is 6.61 Å². The van der Waals surface area contributed by atoms with Crippen molar-refractivity contribution in [2.45, 2.75) is 19.8 Å². The summed E-state index contributed by atoms with van der Waals surface area (Å²) in [6.07, 6.45) is 3.22. The third-order valence-corrected chi connectivity index (χ3v) is 2.91.